The normalized spacial score (nSPS) is 12.6. The molecule has 0 spiro atoms. The first-order valence-corrected chi connectivity index (χ1v) is 12.6. The van der Waals surface area contributed by atoms with Gasteiger partial charge >= 0.3 is 0 Å². The van der Waals surface area contributed by atoms with E-state index >= 15 is 0 Å². The van der Waals surface area contributed by atoms with Crippen molar-refractivity contribution in [2.45, 2.75) is 65.6 Å². The number of rotatable bonds is 10. The fourth-order valence-corrected chi connectivity index (χ4v) is 4.10. The molecule has 3 rings (SSSR count). The van der Waals surface area contributed by atoms with Crippen molar-refractivity contribution in [3.8, 4) is 0 Å². The average molecular weight is 491 g/mol. The lowest BCUT2D eigenvalue weighted by Gasteiger charge is -2.32. The molecule has 1 N–H and O–H groups in total. The van der Waals surface area contributed by atoms with Crippen molar-refractivity contribution in [2.75, 3.05) is 0 Å². The van der Waals surface area contributed by atoms with Crippen LogP contribution in [0.2, 0.25) is 5.02 Å². The standard InChI is InChI=1S/C30H35ClN2O2/c1-5-23(4)32-30(35)28(18-24-9-7-6-8-10-24)33(20-25-13-15-27(31)16-14-25)29(34)19-26-12-11-21(2)22(3)17-26/h6-17,23,28H,5,18-20H2,1-4H3,(H,32,35). The van der Waals surface area contributed by atoms with E-state index in [-0.39, 0.29) is 24.3 Å². The second-order valence-electron chi connectivity index (χ2n) is 9.27. The van der Waals surface area contributed by atoms with Crippen LogP contribution in [-0.2, 0) is 29.0 Å². The summed E-state index contributed by atoms with van der Waals surface area (Å²) >= 11 is 6.09. The fraction of sp³-hybridized carbons (Fsp3) is 0.333. The largest absolute Gasteiger partial charge is 0.352 e. The fourth-order valence-electron chi connectivity index (χ4n) is 3.97. The highest BCUT2D eigenvalue weighted by Crippen LogP contribution is 2.19. The van der Waals surface area contributed by atoms with Crippen LogP contribution in [0.3, 0.4) is 0 Å². The molecule has 0 aliphatic carbocycles. The Balaban J connectivity index is 1.97. The molecule has 0 aliphatic heterocycles. The van der Waals surface area contributed by atoms with Gasteiger partial charge in [-0.05, 0) is 67.1 Å². The van der Waals surface area contributed by atoms with Gasteiger partial charge in [0, 0.05) is 24.0 Å². The van der Waals surface area contributed by atoms with Gasteiger partial charge in [-0.3, -0.25) is 9.59 Å². The zero-order chi connectivity index (χ0) is 25.4. The number of aryl methyl sites for hydroxylation is 2. The number of nitrogens with one attached hydrogen (secondary N) is 1. The molecule has 0 heterocycles. The molecule has 35 heavy (non-hydrogen) atoms. The zero-order valence-electron chi connectivity index (χ0n) is 21.1. The Morgan fingerprint density at radius 3 is 2.17 bits per heavy atom. The molecule has 3 aromatic carbocycles. The van der Waals surface area contributed by atoms with Crippen molar-refractivity contribution in [3.05, 3.63) is 106 Å². The lowest BCUT2D eigenvalue weighted by Crippen LogP contribution is -2.52. The van der Waals surface area contributed by atoms with E-state index in [2.05, 4.69) is 18.3 Å². The Bertz CT molecular complexity index is 1130. The summed E-state index contributed by atoms with van der Waals surface area (Å²) in [5, 5.41) is 3.74. The van der Waals surface area contributed by atoms with Gasteiger partial charge in [0.2, 0.25) is 11.8 Å². The molecule has 3 aromatic rings. The summed E-state index contributed by atoms with van der Waals surface area (Å²) in [5.41, 5.74) is 5.22. The number of carbonyl (C=O) groups excluding carboxylic acids is 2. The smallest absolute Gasteiger partial charge is 0.243 e. The van der Waals surface area contributed by atoms with E-state index < -0.39 is 6.04 Å². The van der Waals surface area contributed by atoms with E-state index in [0.29, 0.717) is 18.0 Å². The second-order valence-corrected chi connectivity index (χ2v) is 9.70. The molecule has 2 atom stereocenters. The lowest BCUT2D eigenvalue weighted by atomic mass is 10.00. The minimum absolute atomic E-state index is 0.0213. The predicted octanol–water partition coefficient (Wildman–Crippen LogP) is 6.05. The molecule has 5 heteroatoms. The minimum Gasteiger partial charge on any atom is -0.352 e. The number of carbonyl (C=O) groups is 2. The Kier molecular flexibility index (Phi) is 9.50. The number of amides is 2. The summed E-state index contributed by atoms with van der Waals surface area (Å²) in [6.45, 7) is 8.45. The molecule has 0 aliphatic rings. The van der Waals surface area contributed by atoms with Gasteiger partial charge in [0.1, 0.15) is 6.04 Å². The van der Waals surface area contributed by atoms with Crippen molar-refractivity contribution in [3.63, 3.8) is 0 Å². The topological polar surface area (TPSA) is 49.4 Å². The predicted molar refractivity (Wildman–Crippen MR) is 143 cm³/mol. The highest BCUT2D eigenvalue weighted by molar-refractivity contribution is 6.30. The summed E-state index contributed by atoms with van der Waals surface area (Å²) in [4.78, 5) is 29.0. The van der Waals surface area contributed by atoms with Crippen LogP contribution in [0.25, 0.3) is 0 Å². The molecule has 184 valence electrons. The number of benzene rings is 3. The van der Waals surface area contributed by atoms with Crippen molar-refractivity contribution in [1.82, 2.24) is 10.2 Å². The van der Waals surface area contributed by atoms with Gasteiger partial charge in [0.15, 0.2) is 0 Å². The molecular formula is C30H35ClN2O2. The van der Waals surface area contributed by atoms with Crippen molar-refractivity contribution in [2.24, 2.45) is 0 Å². The monoisotopic (exact) mass is 490 g/mol. The average Bonchev–Trinajstić information content (AvgIpc) is 2.85. The molecule has 2 unspecified atom stereocenters. The quantitative estimate of drug-likeness (QED) is 0.376. The van der Waals surface area contributed by atoms with Crippen LogP contribution in [-0.4, -0.2) is 28.8 Å². The zero-order valence-corrected chi connectivity index (χ0v) is 21.8. The third-order valence-corrected chi connectivity index (χ3v) is 6.72. The molecule has 0 fully saturated rings. The van der Waals surface area contributed by atoms with Crippen molar-refractivity contribution < 1.29 is 9.59 Å². The van der Waals surface area contributed by atoms with Crippen LogP contribution in [0.1, 0.15) is 48.1 Å². The van der Waals surface area contributed by atoms with E-state index in [1.165, 1.54) is 5.56 Å². The van der Waals surface area contributed by atoms with Crippen LogP contribution < -0.4 is 5.32 Å². The SMILES string of the molecule is CCC(C)NC(=O)C(Cc1ccccc1)N(Cc1ccc(Cl)cc1)C(=O)Cc1ccc(C)c(C)c1. The van der Waals surface area contributed by atoms with Gasteiger partial charge < -0.3 is 10.2 Å². The maximum atomic E-state index is 13.8. The van der Waals surface area contributed by atoms with E-state index in [0.717, 1.165) is 28.7 Å². The summed E-state index contributed by atoms with van der Waals surface area (Å²) in [5.74, 6) is -0.214. The van der Waals surface area contributed by atoms with Crippen LogP contribution in [0, 0.1) is 13.8 Å². The maximum Gasteiger partial charge on any atom is 0.243 e. The Morgan fingerprint density at radius 1 is 0.886 bits per heavy atom. The maximum absolute atomic E-state index is 13.8. The van der Waals surface area contributed by atoms with E-state index in [1.807, 2.05) is 87.5 Å². The van der Waals surface area contributed by atoms with Gasteiger partial charge in [-0.2, -0.15) is 0 Å². The number of hydrogen-bond acceptors (Lipinski definition) is 2. The first kappa shape index (κ1) is 26.5. The Morgan fingerprint density at radius 2 is 1.54 bits per heavy atom. The van der Waals surface area contributed by atoms with E-state index in [1.54, 1.807) is 4.90 Å². The number of nitrogens with zero attached hydrogens (tertiary/aromatic N) is 1. The summed E-state index contributed by atoms with van der Waals surface area (Å²) in [6, 6.07) is 22.8. The third kappa shape index (κ3) is 7.69. The van der Waals surface area contributed by atoms with Gasteiger partial charge in [0.25, 0.3) is 0 Å². The van der Waals surface area contributed by atoms with Gasteiger partial charge in [-0.15, -0.1) is 0 Å². The molecule has 4 nitrogen and oxygen atoms in total. The number of hydrogen-bond donors (Lipinski definition) is 1. The highest BCUT2D eigenvalue weighted by Gasteiger charge is 2.31. The Labute approximate surface area is 214 Å². The molecule has 0 bridgehead atoms. The molecule has 0 radical (unpaired) electrons. The molecule has 0 saturated heterocycles. The highest BCUT2D eigenvalue weighted by atomic mass is 35.5. The third-order valence-electron chi connectivity index (χ3n) is 6.46. The molecule has 2 amide bonds. The van der Waals surface area contributed by atoms with E-state index in [9.17, 15) is 9.59 Å². The first-order chi connectivity index (χ1) is 16.8. The van der Waals surface area contributed by atoms with Gasteiger partial charge in [-0.1, -0.05) is 79.2 Å². The van der Waals surface area contributed by atoms with Crippen molar-refractivity contribution >= 4 is 23.4 Å². The molecule has 0 saturated carbocycles. The first-order valence-electron chi connectivity index (χ1n) is 12.2. The summed E-state index contributed by atoms with van der Waals surface area (Å²) < 4.78 is 0. The van der Waals surface area contributed by atoms with Crippen LogP contribution in [0.5, 0.6) is 0 Å². The minimum atomic E-state index is -0.638. The molecular weight excluding hydrogens is 456 g/mol. The lowest BCUT2D eigenvalue weighted by molar-refractivity contribution is -0.141. The van der Waals surface area contributed by atoms with Gasteiger partial charge in [0.05, 0.1) is 6.42 Å². The number of halogens is 1. The molecule has 0 aromatic heterocycles. The second kappa shape index (κ2) is 12.6. The van der Waals surface area contributed by atoms with Crippen LogP contribution >= 0.6 is 11.6 Å². The van der Waals surface area contributed by atoms with Crippen LogP contribution in [0.15, 0.2) is 72.8 Å². The van der Waals surface area contributed by atoms with Crippen molar-refractivity contribution in [1.29, 1.82) is 0 Å². The summed E-state index contributed by atoms with van der Waals surface area (Å²) in [7, 11) is 0. The van der Waals surface area contributed by atoms with Crippen LogP contribution in [0.4, 0.5) is 0 Å². The van der Waals surface area contributed by atoms with Gasteiger partial charge in [-0.25, -0.2) is 0 Å². The van der Waals surface area contributed by atoms with E-state index in [4.69, 9.17) is 11.6 Å². The Hall–Kier alpha value is -3.11. The summed E-state index contributed by atoms with van der Waals surface area (Å²) in [6.07, 6.45) is 1.49.